The lowest BCUT2D eigenvalue weighted by molar-refractivity contribution is -0.128. The van der Waals surface area contributed by atoms with Crippen molar-refractivity contribution in [2.45, 2.75) is 19.4 Å². The molecule has 1 amide bonds. The molecule has 1 atom stereocenters. The van der Waals surface area contributed by atoms with Crippen LogP contribution in [0.1, 0.15) is 29.7 Å². The van der Waals surface area contributed by atoms with Gasteiger partial charge in [0, 0.05) is 24.1 Å². The normalized spacial score (nSPS) is 18.9. The molecule has 1 aliphatic rings. The molecular weight excluding hydrogens is 216 g/mol. The first-order valence-corrected chi connectivity index (χ1v) is 5.57. The van der Waals surface area contributed by atoms with E-state index < -0.39 is 0 Å². The number of β-lactam (4-membered cyclic amide) rings is 1. The van der Waals surface area contributed by atoms with Crippen molar-refractivity contribution in [3.05, 3.63) is 36.0 Å². The Labute approximate surface area is 98.2 Å². The van der Waals surface area contributed by atoms with Gasteiger partial charge in [-0.1, -0.05) is 18.2 Å². The number of nitrogens with one attached hydrogen (secondary N) is 1. The van der Waals surface area contributed by atoms with Crippen LogP contribution < -0.4 is 5.32 Å². The van der Waals surface area contributed by atoms with Gasteiger partial charge >= 0.3 is 0 Å². The van der Waals surface area contributed by atoms with Crippen LogP contribution in [-0.2, 0) is 4.79 Å². The minimum absolute atomic E-state index is 0.0156. The molecule has 3 rings (SSSR count). The molecule has 1 fully saturated rings. The number of aromatic nitrogens is 1. The number of benzene rings is 1. The van der Waals surface area contributed by atoms with Crippen LogP contribution >= 0.6 is 0 Å². The van der Waals surface area contributed by atoms with Crippen molar-refractivity contribution in [2.75, 3.05) is 0 Å². The first-order chi connectivity index (χ1) is 8.16. The van der Waals surface area contributed by atoms with Gasteiger partial charge in [0.15, 0.2) is 0 Å². The fourth-order valence-electron chi connectivity index (χ4n) is 2.29. The zero-order valence-electron chi connectivity index (χ0n) is 9.43. The summed E-state index contributed by atoms with van der Waals surface area (Å²) in [5.41, 5.74) is 1.92. The quantitative estimate of drug-likeness (QED) is 0.757. The molecule has 0 bridgehead atoms. The second kappa shape index (κ2) is 3.45. The molecule has 17 heavy (non-hydrogen) atoms. The number of carbonyl (C=O) groups is 2. The first kappa shape index (κ1) is 10.1. The van der Waals surface area contributed by atoms with Crippen molar-refractivity contribution in [2.24, 2.45) is 0 Å². The highest BCUT2D eigenvalue weighted by Gasteiger charge is 2.29. The average molecular weight is 228 g/mol. The van der Waals surface area contributed by atoms with E-state index >= 15 is 0 Å². The summed E-state index contributed by atoms with van der Waals surface area (Å²) in [5.74, 6) is 0.0488. The Morgan fingerprint density at radius 3 is 2.76 bits per heavy atom. The van der Waals surface area contributed by atoms with E-state index in [1.165, 1.54) is 6.92 Å². The van der Waals surface area contributed by atoms with Crippen molar-refractivity contribution >= 4 is 22.7 Å². The summed E-state index contributed by atoms with van der Waals surface area (Å²) in [7, 11) is 0. The van der Waals surface area contributed by atoms with Crippen LogP contribution in [0.5, 0.6) is 0 Å². The molecule has 2 aromatic rings. The third-order valence-electron chi connectivity index (χ3n) is 3.18. The lowest BCUT2D eigenvalue weighted by Crippen LogP contribution is -2.41. The van der Waals surface area contributed by atoms with Gasteiger partial charge in [0.1, 0.15) is 0 Å². The van der Waals surface area contributed by atoms with Crippen LogP contribution in [0, 0.1) is 0 Å². The largest absolute Gasteiger partial charge is 0.349 e. The molecule has 1 aliphatic heterocycles. The maximum Gasteiger partial charge on any atom is 0.227 e. The Bertz CT molecular complexity index is 619. The van der Waals surface area contributed by atoms with Crippen LogP contribution in [0.25, 0.3) is 10.9 Å². The van der Waals surface area contributed by atoms with Crippen molar-refractivity contribution in [3.63, 3.8) is 0 Å². The predicted octanol–water partition coefficient (Wildman–Crippen LogP) is 1.86. The Kier molecular flexibility index (Phi) is 2.04. The number of nitrogens with zero attached hydrogens (tertiary/aromatic N) is 1. The van der Waals surface area contributed by atoms with Crippen molar-refractivity contribution in [1.82, 2.24) is 9.88 Å². The van der Waals surface area contributed by atoms with Crippen molar-refractivity contribution in [1.29, 1.82) is 0 Å². The fourth-order valence-corrected chi connectivity index (χ4v) is 2.29. The maximum absolute atomic E-state index is 11.5. The zero-order valence-corrected chi connectivity index (χ0v) is 9.43. The minimum Gasteiger partial charge on any atom is -0.349 e. The number of amides is 1. The summed E-state index contributed by atoms with van der Waals surface area (Å²) in [6, 6.07) is 7.80. The molecule has 0 spiro atoms. The van der Waals surface area contributed by atoms with Crippen molar-refractivity contribution in [3.8, 4) is 0 Å². The number of fused-ring (bicyclic) bond motifs is 1. The Morgan fingerprint density at radius 1 is 1.41 bits per heavy atom. The van der Waals surface area contributed by atoms with Gasteiger partial charge in [0.05, 0.1) is 18.0 Å². The molecule has 2 heterocycles. The van der Waals surface area contributed by atoms with Gasteiger partial charge in [-0.05, 0) is 6.07 Å². The fraction of sp³-hybridized carbons (Fsp3) is 0.231. The third-order valence-corrected chi connectivity index (χ3v) is 3.18. The predicted molar refractivity (Wildman–Crippen MR) is 63.7 cm³/mol. The van der Waals surface area contributed by atoms with E-state index in [-0.39, 0.29) is 17.9 Å². The SMILES string of the molecule is CC(=O)n1cc(C2CC(=O)N2)c2ccccc21. The van der Waals surface area contributed by atoms with E-state index in [0.29, 0.717) is 6.42 Å². The van der Waals surface area contributed by atoms with Crippen LogP contribution in [0.15, 0.2) is 30.5 Å². The molecule has 4 heteroatoms. The second-order valence-corrected chi connectivity index (χ2v) is 4.31. The van der Waals surface area contributed by atoms with Gasteiger partial charge in [-0.2, -0.15) is 0 Å². The molecule has 0 aliphatic carbocycles. The van der Waals surface area contributed by atoms with Crippen LogP contribution in [-0.4, -0.2) is 16.4 Å². The van der Waals surface area contributed by atoms with Gasteiger partial charge < -0.3 is 5.32 Å². The molecule has 1 unspecified atom stereocenters. The second-order valence-electron chi connectivity index (χ2n) is 4.31. The Balaban J connectivity index is 2.18. The van der Waals surface area contributed by atoms with E-state index in [0.717, 1.165) is 16.5 Å². The number of hydrogen-bond acceptors (Lipinski definition) is 2. The summed E-state index contributed by atoms with van der Waals surface area (Å²) >= 11 is 0. The topological polar surface area (TPSA) is 51.1 Å². The summed E-state index contributed by atoms with van der Waals surface area (Å²) in [4.78, 5) is 22.5. The van der Waals surface area contributed by atoms with Crippen LogP contribution in [0.4, 0.5) is 0 Å². The summed E-state index contributed by atoms with van der Waals surface area (Å²) < 4.78 is 1.63. The van der Waals surface area contributed by atoms with E-state index in [1.54, 1.807) is 4.57 Å². The minimum atomic E-state index is -0.0156. The third kappa shape index (κ3) is 1.45. The molecule has 1 aromatic carbocycles. The zero-order chi connectivity index (χ0) is 12.0. The summed E-state index contributed by atoms with van der Waals surface area (Å²) in [5, 5.41) is 3.87. The number of para-hydroxylation sites is 1. The van der Waals surface area contributed by atoms with Gasteiger partial charge in [-0.15, -0.1) is 0 Å². The van der Waals surface area contributed by atoms with E-state index in [4.69, 9.17) is 0 Å². The van der Waals surface area contributed by atoms with Crippen LogP contribution in [0.2, 0.25) is 0 Å². The molecule has 4 nitrogen and oxygen atoms in total. The lowest BCUT2D eigenvalue weighted by Gasteiger charge is -2.26. The number of rotatable bonds is 1. The van der Waals surface area contributed by atoms with E-state index in [2.05, 4.69) is 5.32 Å². The average Bonchev–Trinajstić information content (AvgIpc) is 2.64. The van der Waals surface area contributed by atoms with E-state index in [9.17, 15) is 9.59 Å². The molecule has 1 saturated heterocycles. The number of carbonyl (C=O) groups excluding carboxylic acids is 2. The highest BCUT2D eigenvalue weighted by molar-refractivity contribution is 5.95. The van der Waals surface area contributed by atoms with Crippen molar-refractivity contribution < 1.29 is 9.59 Å². The molecule has 1 N–H and O–H groups in total. The van der Waals surface area contributed by atoms with Gasteiger partial charge in [-0.25, -0.2) is 0 Å². The molecule has 1 aromatic heterocycles. The monoisotopic (exact) mass is 228 g/mol. The molecule has 0 saturated carbocycles. The lowest BCUT2D eigenvalue weighted by atomic mass is 9.97. The highest BCUT2D eigenvalue weighted by atomic mass is 16.2. The Morgan fingerprint density at radius 2 is 2.12 bits per heavy atom. The standard InChI is InChI=1S/C13H12N2O2/c1-8(16)15-7-10(11-6-13(17)14-11)9-4-2-3-5-12(9)15/h2-5,7,11H,6H2,1H3,(H,14,17). The summed E-state index contributed by atoms with van der Waals surface area (Å²) in [6.07, 6.45) is 2.34. The smallest absolute Gasteiger partial charge is 0.227 e. The van der Waals surface area contributed by atoms with Gasteiger partial charge in [0.25, 0.3) is 0 Å². The van der Waals surface area contributed by atoms with Crippen LogP contribution in [0.3, 0.4) is 0 Å². The molecular formula is C13H12N2O2. The highest BCUT2D eigenvalue weighted by Crippen LogP contribution is 2.31. The maximum atomic E-state index is 11.5. The molecule has 86 valence electrons. The van der Waals surface area contributed by atoms with E-state index in [1.807, 2.05) is 30.5 Å². The number of hydrogen-bond donors (Lipinski definition) is 1. The first-order valence-electron chi connectivity index (χ1n) is 5.57. The Hall–Kier alpha value is -2.10. The van der Waals surface area contributed by atoms with Gasteiger partial charge in [0.2, 0.25) is 11.8 Å². The van der Waals surface area contributed by atoms with Gasteiger partial charge in [-0.3, -0.25) is 14.2 Å². The molecule has 0 radical (unpaired) electrons. The summed E-state index contributed by atoms with van der Waals surface area (Å²) in [6.45, 7) is 1.54.